The van der Waals surface area contributed by atoms with Crippen molar-refractivity contribution in [2.45, 2.75) is 316 Å². The molecule has 0 spiro atoms. The van der Waals surface area contributed by atoms with E-state index in [9.17, 15) is 14.4 Å². The Morgan fingerprint density at radius 1 is 0.303 bits per heavy atom. The number of unbranched alkanes of at least 4 members (excludes halogenated alkanes) is 36. The van der Waals surface area contributed by atoms with E-state index in [1.807, 2.05) is 0 Å². The quantitative estimate of drug-likeness (QED) is 0.0262. The van der Waals surface area contributed by atoms with Gasteiger partial charge in [0.1, 0.15) is 13.2 Å². The molecule has 1 unspecified atom stereocenters. The second-order valence-electron chi connectivity index (χ2n) is 19.6. The normalized spacial score (nSPS) is 12.2. The fourth-order valence-electron chi connectivity index (χ4n) is 8.47. The van der Waals surface area contributed by atoms with Crippen molar-refractivity contribution >= 4 is 17.9 Å². The molecule has 0 saturated heterocycles. The summed E-state index contributed by atoms with van der Waals surface area (Å²) >= 11 is 0. The summed E-state index contributed by atoms with van der Waals surface area (Å²) < 4.78 is 16.9. The molecule has 0 aromatic carbocycles. The zero-order valence-electron chi connectivity index (χ0n) is 44.2. The third kappa shape index (κ3) is 52.6. The van der Waals surface area contributed by atoms with Crippen LogP contribution in [0.1, 0.15) is 310 Å². The first-order chi connectivity index (χ1) is 32.5. The van der Waals surface area contributed by atoms with Crippen molar-refractivity contribution in [1.29, 1.82) is 0 Å². The Morgan fingerprint density at radius 3 is 0.894 bits per heavy atom. The van der Waals surface area contributed by atoms with E-state index < -0.39 is 6.10 Å². The molecular weight excluding hydrogens is 817 g/mol. The topological polar surface area (TPSA) is 78.9 Å². The summed E-state index contributed by atoms with van der Waals surface area (Å²) in [5.74, 6) is -0.874. The number of carbonyl (C=O) groups is 3. The molecule has 0 aliphatic heterocycles. The van der Waals surface area contributed by atoms with E-state index in [0.29, 0.717) is 19.3 Å². The van der Waals surface area contributed by atoms with Crippen molar-refractivity contribution < 1.29 is 28.6 Å². The molecule has 0 heterocycles. The second-order valence-corrected chi connectivity index (χ2v) is 19.6. The number of esters is 3. The standard InChI is InChI=1S/C60H110O6/c1-4-7-10-13-16-19-22-25-27-29-31-32-35-38-41-44-47-50-53-59(62)65-56-57(55-64-58(61)52-49-46-43-40-37-34-24-21-18-15-12-9-6-3)66-60(63)54-51-48-45-42-39-36-33-30-28-26-23-20-17-14-11-8-5-2/h17,20-21,24,26,28,57H,4-16,18-19,22-23,25,27,29-56H2,1-3H3/b20-17-,24-21-,28-26-. The van der Waals surface area contributed by atoms with Crippen LogP contribution < -0.4 is 0 Å². The molecule has 6 heteroatoms. The number of allylic oxidation sites excluding steroid dienone is 6. The second kappa shape index (κ2) is 55.2. The van der Waals surface area contributed by atoms with Crippen LogP contribution in [0.25, 0.3) is 0 Å². The van der Waals surface area contributed by atoms with Crippen molar-refractivity contribution in [2.75, 3.05) is 13.2 Å². The van der Waals surface area contributed by atoms with E-state index >= 15 is 0 Å². The van der Waals surface area contributed by atoms with E-state index in [1.54, 1.807) is 0 Å². The molecule has 66 heavy (non-hydrogen) atoms. The zero-order valence-corrected chi connectivity index (χ0v) is 44.2. The van der Waals surface area contributed by atoms with Crippen LogP contribution in [-0.2, 0) is 28.6 Å². The van der Waals surface area contributed by atoms with Gasteiger partial charge in [-0.05, 0) is 77.0 Å². The van der Waals surface area contributed by atoms with Gasteiger partial charge in [0.25, 0.3) is 0 Å². The van der Waals surface area contributed by atoms with Gasteiger partial charge < -0.3 is 14.2 Å². The zero-order chi connectivity index (χ0) is 47.9. The molecule has 0 aliphatic rings. The predicted molar refractivity (Wildman–Crippen MR) is 284 cm³/mol. The fraction of sp³-hybridized carbons (Fsp3) is 0.850. The van der Waals surface area contributed by atoms with Crippen LogP contribution in [0.4, 0.5) is 0 Å². The lowest BCUT2D eigenvalue weighted by Gasteiger charge is -2.18. The number of hydrogen-bond donors (Lipinski definition) is 0. The number of rotatable bonds is 53. The van der Waals surface area contributed by atoms with E-state index in [1.165, 1.54) is 193 Å². The van der Waals surface area contributed by atoms with Gasteiger partial charge in [-0.2, -0.15) is 0 Å². The third-order valence-electron chi connectivity index (χ3n) is 12.9. The van der Waals surface area contributed by atoms with Gasteiger partial charge in [-0.3, -0.25) is 14.4 Å². The van der Waals surface area contributed by atoms with Gasteiger partial charge in [0, 0.05) is 19.3 Å². The minimum atomic E-state index is -0.777. The van der Waals surface area contributed by atoms with Crippen molar-refractivity contribution in [2.24, 2.45) is 0 Å². The van der Waals surface area contributed by atoms with Crippen LogP contribution in [0.3, 0.4) is 0 Å². The highest BCUT2D eigenvalue weighted by atomic mass is 16.6. The highest BCUT2D eigenvalue weighted by molar-refractivity contribution is 5.71. The van der Waals surface area contributed by atoms with Gasteiger partial charge in [-0.15, -0.1) is 0 Å². The van der Waals surface area contributed by atoms with Gasteiger partial charge >= 0.3 is 17.9 Å². The maximum Gasteiger partial charge on any atom is 0.306 e. The lowest BCUT2D eigenvalue weighted by Crippen LogP contribution is -2.30. The molecule has 0 aliphatic carbocycles. The predicted octanol–water partition coefficient (Wildman–Crippen LogP) is 19.3. The fourth-order valence-corrected chi connectivity index (χ4v) is 8.47. The van der Waals surface area contributed by atoms with Crippen LogP contribution in [0, 0.1) is 0 Å². The van der Waals surface area contributed by atoms with Crippen molar-refractivity contribution in [3.63, 3.8) is 0 Å². The molecule has 0 N–H and O–H groups in total. The molecule has 0 amide bonds. The van der Waals surface area contributed by atoms with Gasteiger partial charge in [0.05, 0.1) is 0 Å². The Kier molecular flexibility index (Phi) is 53.2. The molecule has 1 atom stereocenters. The molecule has 0 radical (unpaired) electrons. The largest absolute Gasteiger partial charge is 0.462 e. The highest BCUT2D eigenvalue weighted by Gasteiger charge is 2.19. The van der Waals surface area contributed by atoms with E-state index in [2.05, 4.69) is 57.2 Å². The molecule has 0 fully saturated rings. The van der Waals surface area contributed by atoms with Gasteiger partial charge in [-0.1, -0.05) is 250 Å². The Bertz CT molecular complexity index is 1110. The molecular formula is C60H110O6. The maximum absolute atomic E-state index is 12.8. The number of carbonyl (C=O) groups excluding carboxylic acids is 3. The molecule has 0 rings (SSSR count). The summed E-state index contributed by atoms with van der Waals surface area (Å²) in [4.78, 5) is 38.1. The Labute approximate surface area is 410 Å². The number of hydrogen-bond acceptors (Lipinski definition) is 6. The molecule has 6 nitrogen and oxygen atoms in total. The highest BCUT2D eigenvalue weighted by Crippen LogP contribution is 2.16. The summed E-state index contributed by atoms with van der Waals surface area (Å²) in [6.07, 6.45) is 65.6. The lowest BCUT2D eigenvalue weighted by atomic mass is 10.0. The van der Waals surface area contributed by atoms with Crippen LogP contribution in [0.15, 0.2) is 36.5 Å². The van der Waals surface area contributed by atoms with E-state index in [-0.39, 0.29) is 31.1 Å². The first-order valence-corrected chi connectivity index (χ1v) is 29.0. The average molecular weight is 928 g/mol. The Balaban J connectivity index is 4.34. The van der Waals surface area contributed by atoms with Crippen molar-refractivity contribution in [1.82, 2.24) is 0 Å². The van der Waals surface area contributed by atoms with Crippen molar-refractivity contribution in [3.8, 4) is 0 Å². The average Bonchev–Trinajstić information content (AvgIpc) is 3.31. The van der Waals surface area contributed by atoms with Gasteiger partial charge in [0.15, 0.2) is 6.10 Å². The Morgan fingerprint density at radius 2 is 0.545 bits per heavy atom. The summed E-state index contributed by atoms with van der Waals surface area (Å²) in [5.41, 5.74) is 0. The number of ether oxygens (including phenoxy) is 3. The summed E-state index contributed by atoms with van der Waals surface area (Å²) in [7, 11) is 0. The maximum atomic E-state index is 12.8. The Hall–Kier alpha value is -2.37. The van der Waals surface area contributed by atoms with E-state index in [0.717, 1.165) is 77.0 Å². The molecule has 0 aromatic heterocycles. The molecule has 386 valence electrons. The molecule has 0 saturated carbocycles. The first-order valence-electron chi connectivity index (χ1n) is 29.0. The van der Waals surface area contributed by atoms with Crippen LogP contribution in [-0.4, -0.2) is 37.2 Å². The minimum absolute atomic E-state index is 0.0744. The summed E-state index contributed by atoms with van der Waals surface area (Å²) in [5, 5.41) is 0. The van der Waals surface area contributed by atoms with Gasteiger partial charge in [-0.25, -0.2) is 0 Å². The summed E-state index contributed by atoms with van der Waals surface area (Å²) in [6.45, 7) is 6.63. The lowest BCUT2D eigenvalue weighted by molar-refractivity contribution is -0.167. The summed E-state index contributed by atoms with van der Waals surface area (Å²) in [6, 6.07) is 0. The van der Waals surface area contributed by atoms with Gasteiger partial charge in [0.2, 0.25) is 0 Å². The van der Waals surface area contributed by atoms with E-state index in [4.69, 9.17) is 14.2 Å². The monoisotopic (exact) mass is 927 g/mol. The SMILES string of the molecule is CCCCC/C=C\C/C=C\CCCCCCCCCC(=O)OC(COC(=O)CCCCCCC/C=C\CCCCCC)COC(=O)CCCCCCCCCCCCCCCCCCCC. The smallest absolute Gasteiger partial charge is 0.306 e. The van der Waals surface area contributed by atoms with Crippen LogP contribution >= 0.6 is 0 Å². The minimum Gasteiger partial charge on any atom is -0.462 e. The van der Waals surface area contributed by atoms with Crippen LogP contribution in [0.2, 0.25) is 0 Å². The molecule has 0 aromatic rings. The molecule has 0 bridgehead atoms. The van der Waals surface area contributed by atoms with Crippen LogP contribution in [0.5, 0.6) is 0 Å². The van der Waals surface area contributed by atoms with Crippen molar-refractivity contribution in [3.05, 3.63) is 36.5 Å². The first kappa shape index (κ1) is 63.6. The third-order valence-corrected chi connectivity index (χ3v) is 12.9.